The molecule has 1 atom stereocenters. The van der Waals surface area contributed by atoms with Gasteiger partial charge in [0.2, 0.25) is 5.91 Å². The Kier molecular flexibility index (Phi) is 3.97. The van der Waals surface area contributed by atoms with Crippen molar-refractivity contribution in [2.45, 2.75) is 31.8 Å². The largest absolute Gasteiger partial charge is 0.368 e. The Morgan fingerprint density at radius 1 is 1.33 bits per heavy atom. The number of hydrogen-bond acceptors (Lipinski definition) is 3. The van der Waals surface area contributed by atoms with Gasteiger partial charge in [-0.2, -0.15) is 0 Å². The van der Waals surface area contributed by atoms with Crippen LogP contribution in [0.3, 0.4) is 0 Å². The van der Waals surface area contributed by atoms with Crippen LogP contribution in [0.1, 0.15) is 25.7 Å². The number of nitrogens with one attached hydrogen (secondary N) is 2. The molecule has 0 bridgehead atoms. The number of carbonyl (C=O) groups excluding carboxylic acids is 1. The summed E-state index contributed by atoms with van der Waals surface area (Å²) in [4.78, 5) is 11.6. The van der Waals surface area contributed by atoms with Crippen molar-refractivity contribution in [1.82, 2.24) is 10.6 Å². The fraction of sp³-hybridized carbons (Fsp3) is 0.909. The average Bonchev–Trinajstić information content (AvgIpc) is 2.81. The Morgan fingerprint density at radius 3 is 2.80 bits per heavy atom. The molecule has 0 aromatic rings. The molecule has 4 nitrogen and oxygen atoms in total. The fourth-order valence-corrected chi connectivity index (χ4v) is 2.23. The van der Waals surface area contributed by atoms with E-state index in [1.807, 2.05) is 0 Å². The van der Waals surface area contributed by atoms with Gasteiger partial charge in [-0.3, -0.25) is 4.79 Å². The maximum Gasteiger partial charge on any atom is 0.249 e. The van der Waals surface area contributed by atoms with Gasteiger partial charge in [0.15, 0.2) is 0 Å². The molecule has 0 aromatic heterocycles. The lowest BCUT2D eigenvalue weighted by Crippen LogP contribution is -2.40. The molecule has 2 N–H and O–H groups in total. The topological polar surface area (TPSA) is 50.4 Å². The highest BCUT2D eigenvalue weighted by Crippen LogP contribution is 2.13. The molecular weight excluding hydrogens is 192 g/mol. The second-order valence-electron chi connectivity index (χ2n) is 4.44. The van der Waals surface area contributed by atoms with Crippen LogP contribution in [0, 0.1) is 5.92 Å². The molecule has 0 aliphatic carbocycles. The zero-order valence-electron chi connectivity index (χ0n) is 9.13. The highest BCUT2D eigenvalue weighted by atomic mass is 16.5. The van der Waals surface area contributed by atoms with Crippen molar-refractivity contribution in [3.05, 3.63) is 0 Å². The van der Waals surface area contributed by atoms with Gasteiger partial charge < -0.3 is 15.4 Å². The summed E-state index contributed by atoms with van der Waals surface area (Å²) in [6, 6.07) is 0. The van der Waals surface area contributed by atoms with Crippen molar-refractivity contribution >= 4 is 5.91 Å². The maximum absolute atomic E-state index is 11.6. The van der Waals surface area contributed by atoms with Gasteiger partial charge in [-0.05, 0) is 44.7 Å². The van der Waals surface area contributed by atoms with Gasteiger partial charge in [0, 0.05) is 13.2 Å². The highest BCUT2D eigenvalue weighted by Gasteiger charge is 2.24. The van der Waals surface area contributed by atoms with Crippen LogP contribution in [0.25, 0.3) is 0 Å². The number of ether oxygens (including phenoxy) is 1. The fourth-order valence-electron chi connectivity index (χ4n) is 2.23. The molecule has 0 aromatic carbocycles. The molecule has 2 heterocycles. The van der Waals surface area contributed by atoms with E-state index >= 15 is 0 Å². The Hall–Kier alpha value is -0.610. The lowest BCUT2D eigenvalue weighted by Gasteiger charge is -2.23. The number of rotatable bonds is 3. The molecular formula is C11H20N2O2. The minimum Gasteiger partial charge on any atom is -0.368 e. The van der Waals surface area contributed by atoms with E-state index in [1.54, 1.807) is 0 Å². The quantitative estimate of drug-likeness (QED) is 0.706. The second-order valence-corrected chi connectivity index (χ2v) is 4.44. The summed E-state index contributed by atoms with van der Waals surface area (Å²) >= 11 is 0. The van der Waals surface area contributed by atoms with E-state index in [0.29, 0.717) is 5.92 Å². The first-order valence-corrected chi connectivity index (χ1v) is 5.96. The molecule has 2 saturated heterocycles. The summed E-state index contributed by atoms with van der Waals surface area (Å²) in [5.74, 6) is 0.739. The molecule has 2 fully saturated rings. The minimum atomic E-state index is -0.174. The van der Waals surface area contributed by atoms with Crippen molar-refractivity contribution in [2.75, 3.05) is 26.2 Å². The van der Waals surface area contributed by atoms with Crippen molar-refractivity contribution in [2.24, 2.45) is 5.92 Å². The number of piperidine rings is 1. The first-order chi connectivity index (χ1) is 7.36. The predicted octanol–water partition coefficient (Wildman–Crippen LogP) is 0.281. The highest BCUT2D eigenvalue weighted by molar-refractivity contribution is 5.80. The second kappa shape index (κ2) is 5.47. The van der Waals surface area contributed by atoms with Gasteiger partial charge >= 0.3 is 0 Å². The molecule has 0 radical (unpaired) electrons. The van der Waals surface area contributed by atoms with E-state index in [4.69, 9.17) is 4.74 Å². The van der Waals surface area contributed by atoms with Gasteiger partial charge in [-0.1, -0.05) is 0 Å². The molecule has 0 saturated carbocycles. The smallest absolute Gasteiger partial charge is 0.249 e. The van der Waals surface area contributed by atoms with E-state index in [0.717, 1.165) is 39.1 Å². The summed E-state index contributed by atoms with van der Waals surface area (Å²) in [5.41, 5.74) is 0. The van der Waals surface area contributed by atoms with Crippen LogP contribution < -0.4 is 10.6 Å². The Morgan fingerprint density at radius 2 is 2.13 bits per heavy atom. The number of carbonyl (C=O) groups is 1. The molecule has 15 heavy (non-hydrogen) atoms. The first kappa shape index (κ1) is 10.9. The van der Waals surface area contributed by atoms with Gasteiger partial charge in [0.1, 0.15) is 6.10 Å². The summed E-state index contributed by atoms with van der Waals surface area (Å²) in [5, 5.41) is 6.32. The van der Waals surface area contributed by atoms with Gasteiger partial charge in [0.25, 0.3) is 0 Å². The first-order valence-electron chi connectivity index (χ1n) is 5.96. The predicted molar refractivity (Wildman–Crippen MR) is 57.6 cm³/mol. The maximum atomic E-state index is 11.6. The van der Waals surface area contributed by atoms with E-state index in [1.165, 1.54) is 12.8 Å². The summed E-state index contributed by atoms with van der Waals surface area (Å²) in [7, 11) is 0. The standard InChI is InChI=1S/C11H20N2O2/c14-11(10-2-1-7-15-10)13-8-9-3-5-12-6-4-9/h9-10,12H,1-8H2,(H,13,14). The molecule has 0 spiro atoms. The summed E-state index contributed by atoms with van der Waals surface area (Å²) in [6.07, 6.45) is 4.08. The average molecular weight is 212 g/mol. The van der Waals surface area contributed by atoms with Crippen molar-refractivity contribution in [1.29, 1.82) is 0 Å². The zero-order chi connectivity index (χ0) is 10.5. The molecule has 1 unspecified atom stereocenters. The lowest BCUT2D eigenvalue weighted by molar-refractivity contribution is -0.130. The van der Waals surface area contributed by atoms with Gasteiger partial charge in [-0.25, -0.2) is 0 Å². The van der Waals surface area contributed by atoms with Crippen LogP contribution in [-0.4, -0.2) is 38.3 Å². The molecule has 1 amide bonds. The zero-order valence-corrected chi connectivity index (χ0v) is 9.13. The van der Waals surface area contributed by atoms with Gasteiger partial charge in [-0.15, -0.1) is 0 Å². The van der Waals surface area contributed by atoms with E-state index in [-0.39, 0.29) is 12.0 Å². The molecule has 2 aliphatic rings. The van der Waals surface area contributed by atoms with Crippen LogP contribution >= 0.6 is 0 Å². The third kappa shape index (κ3) is 3.18. The lowest BCUT2D eigenvalue weighted by atomic mass is 9.98. The van der Waals surface area contributed by atoms with Gasteiger partial charge in [0.05, 0.1) is 0 Å². The third-order valence-corrected chi connectivity index (χ3v) is 3.25. The van der Waals surface area contributed by atoms with Crippen LogP contribution in [0.15, 0.2) is 0 Å². The van der Waals surface area contributed by atoms with Crippen LogP contribution in [0.2, 0.25) is 0 Å². The Labute approximate surface area is 90.8 Å². The molecule has 2 aliphatic heterocycles. The Bertz CT molecular complexity index is 209. The molecule has 86 valence electrons. The van der Waals surface area contributed by atoms with E-state index in [2.05, 4.69) is 10.6 Å². The van der Waals surface area contributed by atoms with E-state index in [9.17, 15) is 4.79 Å². The van der Waals surface area contributed by atoms with E-state index < -0.39 is 0 Å². The Balaban J connectivity index is 1.65. The molecule has 4 heteroatoms. The number of hydrogen-bond donors (Lipinski definition) is 2. The van der Waals surface area contributed by atoms with Crippen molar-refractivity contribution in [3.8, 4) is 0 Å². The van der Waals surface area contributed by atoms with Crippen LogP contribution in [-0.2, 0) is 9.53 Å². The van der Waals surface area contributed by atoms with Crippen molar-refractivity contribution < 1.29 is 9.53 Å². The summed E-state index contributed by atoms with van der Waals surface area (Å²) in [6.45, 7) is 3.73. The monoisotopic (exact) mass is 212 g/mol. The number of amides is 1. The van der Waals surface area contributed by atoms with Crippen LogP contribution in [0.5, 0.6) is 0 Å². The molecule has 2 rings (SSSR count). The van der Waals surface area contributed by atoms with Crippen molar-refractivity contribution in [3.63, 3.8) is 0 Å². The third-order valence-electron chi connectivity index (χ3n) is 3.25. The summed E-state index contributed by atoms with van der Waals surface area (Å²) < 4.78 is 5.33. The van der Waals surface area contributed by atoms with Crippen LogP contribution in [0.4, 0.5) is 0 Å². The normalized spacial score (nSPS) is 27.9. The minimum absolute atomic E-state index is 0.0889. The SMILES string of the molecule is O=C(NCC1CCNCC1)C1CCCO1.